The Kier molecular flexibility index (Phi) is 5.73. The maximum Gasteiger partial charge on any atom is 0.126 e. The molecule has 4 rings (SSSR count). The molecule has 5 atom stereocenters. The average molecular weight is 402 g/mol. The monoisotopic (exact) mass is 402 g/mol. The van der Waals surface area contributed by atoms with E-state index in [0.29, 0.717) is 17.5 Å². The third kappa shape index (κ3) is 3.83. The molecular weight excluding hydrogens is 375 g/mol. The largest absolute Gasteiger partial charge is 0.394 e. The Balaban J connectivity index is 1.70. The Hall–Kier alpha value is -1.83. The molecule has 4 N–H and O–H groups in total. The lowest BCUT2D eigenvalue weighted by molar-refractivity contribution is -0.231. The number of rotatable bonds is 4. The summed E-state index contributed by atoms with van der Waals surface area (Å²) < 4.78 is 19.8. The zero-order chi connectivity index (χ0) is 20.7. The van der Waals surface area contributed by atoms with E-state index in [9.17, 15) is 24.8 Å². The SMILES string of the molecule is Cc1ccc(Cc2cc([C@@H]3O[C@H](CO)[C@@H](O)[C@H](O)[C@H]3O)cc3c2CCC3)cc1F. The first kappa shape index (κ1) is 20.4. The van der Waals surface area contributed by atoms with Gasteiger partial charge in [-0.2, -0.15) is 0 Å². The van der Waals surface area contributed by atoms with Gasteiger partial charge in [0.25, 0.3) is 0 Å². The first-order valence-electron chi connectivity index (χ1n) is 10.1. The number of aliphatic hydroxyl groups excluding tert-OH is 4. The minimum atomic E-state index is -1.41. The number of benzene rings is 2. The van der Waals surface area contributed by atoms with Crippen LogP contribution in [0.25, 0.3) is 0 Å². The number of hydrogen-bond donors (Lipinski definition) is 4. The van der Waals surface area contributed by atoms with Gasteiger partial charge in [-0.15, -0.1) is 0 Å². The highest BCUT2D eigenvalue weighted by Gasteiger charge is 2.44. The quantitative estimate of drug-likeness (QED) is 0.625. The van der Waals surface area contributed by atoms with Crippen LogP contribution in [-0.2, 0) is 24.0 Å². The standard InChI is InChI=1S/C23H27FO5/c1-12-5-6-13(8-18(12)24)7-15-10-16(9-14-3-2-4-17(14)15)23-22(28)21(27)20(26)19(11-25)29-23/h5-6,8-10,19-23,25-28H,2-4,7,11H2,1H3/t19-,20-,21+,22-,23+/m1/s1. The van der Waals surface area contributed by atoms with Crippen LogP contribution in [0.3, 0.4) is 0 Å². The molecule has 1 saturated heterocycles. The number of ether oxygens (including phenoxy) is 1. The maximum atomic E-state index is 14.0. The molecule has 6 heteroatoms. The van der Waals surface area contributed by atoms with Gasteiger partial charge in [0.15, 0.2) is 0 Å². The summed E-state index contributed by atoms with van der Waals surface area (Å²) in [6.07, 6.45) is -2.44. The van der Waals surface area contributed by atoms with Crippen molar-refractivity contribution in [3.63, 3.8) is 0 Å². The molecule has 29 heavy (non-hydrogen) atoms. The van der Waals surface area contributed by atoms with Gasteiger partial charge in [-0.05, 0) is 72.1 Å². The molecule has 2 aliphatic rings. The zero-order valence-corrected chi connectivity index (χ0v) is 16.4. The third-order valence-electron chi connectivity index (χ3n) is 6.18. The molecule has 0 aromatic heterocycles. The molecule has 2 aromatic rings. The van der Waals surface area contributed by atoms with Crippen molar-refractivity contribution in [1.82, 2.24) is 0 Å². The van der Waals surface area contributed by atoms with Crippen molar-refractivity contribution in [2.24, 2.45) is 0 Å². The summed E-state index contributed by atoms with van der Waals surface area (Å²) in [5.74, 6) is -0.232. The van der Waals surface area contributed by atoms with Crippen molar-refractivity contribution in [3.05, 3.63) is 69.5 Å². The molecule has 0 amide bonds. The van der Waals surface area contributed by atoms with Gasteiger partial charge in [0.1, 0.15) is 36.3 Å². The predicted octanol–water partition coefficient (Wildman–Crippen LogP) is 1.73. The summed E-state index contributed by atoms with van der Waals surface area (Å²) in [4.78, 5) is 0. The molecule has 156 valence electrons. The molecule has 1 fully saturated rings. The molecule has 1 heterocycles. The van der Waals surface area contributed by atoms with E-state index in [-0.39, 0.29) is 5.82 Å². The van der Waals surface area contributed by atoms with Crippen LogP contribution in [0.1, 0.15) is 45.9 Å². The first-order valence-corrected chi connectivity index (χ1v) is 10.1. The van der Waals surface area contributed by atoms with Crippen molar-refractivity contribution in [1.29, 1.82) is 0 Å². The van der Waals surface area contributed by atoms with E-state index in [1.165, 1.54) is 11.1 Å². The molecule has 1 aliphatic carbocycles. The van der Waals surface area contributed by atoms with E-state index in [1.807, 2.05) is 18.2 Å². The van der Waals surface area contributed by atoms with Gasteiger partial charge in [0, 0.05) is 0 Å². The summed E-state index contributed by atoms with van der Waals surface area (Å²) in [6, 6.07) is 9.16. The van der Waals surface area contributed by atoms with E-state index < -0.39 is 37.1 Å². The second kappa shape index (κ2) is 8.13. The lowest BCUT2D eigenvalue weighted by Gasteiger charge is -2.40. The van der Waals surface area contributed by atoms with Crippen LogP contribution in [0, 0.1) is 12.7 Å². The topological polar surface area (TPSA) is 90.2 Å². The van der Waals surface area contributed by atoms with E-state index in [0.717, 1.165) is 30.4 Å². The first-order chi connectivity index (χ1) is 13.9. The molecule has 5 nitrogen and oxygen atoms in total. The van der Waals surface area contributed by atoms with Crippen LogP contribution in [-0.4, -0.2) is 51.4 Å². The minimum Gasteiger partial charge on any atom is -0.394 e. The van der Waals surface area contributed by atoms with Crippen molar-refractivity contribution < 1.29 is 29.6 Å². The lowest BCUT2D eigenvalue weighted by Crippen LogP contribution is -2.55. The second-order valence-electron chi connectivity index (χ2n) is 8.18. The summed E-state index contributed by atoms with van der Waals surface area (Å²) in [7, 11) is 0. The summed E-state index contributed by atoms with van der Waals surface area (Å²) in [5.41, 5.74) is 5.64. The van der Waals surface area contributed by atoms with Crippen LogP contribution in [0.2, 0.25) is 0 Å². The van der Waals surface area contributed by atoms with Gasteiger partial charge in [-0.1, -0.05) is 24.3 Å². The van der Waals surface area contributed by atoms with Crippen molar-refractivity contribution in [3.8, 4) is 0 Å². The van der Waals surface area contributed by atoms with Gasteiger partial charge >= 0.3 is 0 Å². The average Bonchev–Trinajstić information content (AvgIpc) is 3.18. The van der Waals surface area contributed by atoms with Crippen molar-refractivity contribution >= 4 is 0 Å². The highest BCUT2D eigenvalue weighted by molar-refractivity contribution is 5.45. The Morgan fingerprint density at radius 2 is 1.83 bits per heavy atom. The van der Waals surface area contributed by atoms with Gasteiger partial charge in [-0.3, -0.25) is 0 Å². The van der Waals surface area contributed by atoms with Crippen molar-refractivity contribution in [2.75, 3.05) is 6.61 Å². The number of halogens is 1. The molecule has 2 aromatic carbocycles. The Morgan fingerprint density at radius 1 is 1.03 bits per heavy atom. The van der Waals surface area contributed by atoms with Crippen LogP contribution in [0.5, 0.6) is 0 Å². The Labute approximate surface area is 169 Å². The van der Waals surface area contributed by atoms with Gasteiger partial charge in [0.2, 0.25) is 0 Å². The van der Waals surface area contributed by atoms with Crippen LogP contribution >= 0.6 is 0 Å². The second-order valence-corrected chi connectivity index (χ2v) is 8.18. The fourth-order valence-corrected chi connectivity index (χ4v) is 4.49. The number of aryl methyl sites for hydroxylation is 2. The predicted molar refractivity (Wildman–Crippen MR) is 105 cm³/mol. The highest BCUT2D eigenvalue weighted by Crippen LogP contribution is 2.37. The van der Waals surface area contributed by atoms with Crippen LogP contribution in [0.4, 0.5) is 4.39 Å². The molecule has 1 aliphatic heterocycles. The molecular formula is C23H27FO5. The van der Waals surface area contributed by atoms with E-state index >= 15 is 0 Å². The summed E-state index contributed by atoms with van der Waals surface area (Å²) in [6.45, 7) is 1.28. The van der Waals surface area contributed by atoms with Gasteiger partial charge in [-0.25, -0.2) is 4.39 Å². The van der Waals surface area contributed by atoms with E-state index in [4.69, 9.17) is 4.74 Å². The summed E-state index contributed by atoms with van der Waals surface area (Å²) >= 11 is 0. The normalized spacial score (nSPS) is 29.1. The minimum absolute atomic E-state index is 0.232. The van der Waals surface area contributed by atoms with Crippen LogP contribution in [0.15, 0.2) is 30.3 Å². The number of aliphatic hydroxyl groups is 4. The molecule has 0 radical (unpaired) electrons. The Bertz CT molecular complexity index is 897. The van der Waals surface area contributed by atoms with Gasteiger partial charge in [0.05, 0.1) is 6.61 Å². The fourth-order valence-electron chi connectivity index (χ4n) is 4.49. The summed E-state index contributed by atoms with van der Waals surface area (Å²) in [5, 5.41) is 40.2. The smallest absolute Gasteiger partial charge is 0.126 e. The maximum absolute atomic E-state index is 14.0. The van der Waals surface area contributed by atoms with Gasteiger partial charge < -0.3 is 25.2 Å². The zero-order valence-electron chi connectivity index (χ0n) is 16.4. The molecule has 0 bridgehead atoms. The molecule has 0 saturated carbocycles. The molecule has 0 spiro atoms. The molecule has 0 unspecified atom stereocenters. The van der Waals surface area contributed by atoms with Crippen LogP contribution < -0.4 is 0 Å². The van der Waals surface area contributed by atoms with E-state index in [1.54, 1.807) is 19.1 Å². The van der Waals surface area contributed by atoms with Crippen molar-refractivity contribution in [2.45, 2.75) is 63.1 Å². The van der Waals surface area contributed by atoms with E-state index in [2.05, 4.69) is 0 Å². The lowest BCUT2D eigenvalue weighted by atomic mass is 9.87. The number of fused-ring (bicyclic) bond motifs is 1. The highest BCUT2D eigenvalue weighted by atomic mass is 19.1. The Morgan fingerprint density at radius 3 is 2.55 bits per heavy atom. The fraction of sp³-hybridized carbons (Fsp3) is 0.478. The third-order valence-corrected chi connectivity index (χ3v) is 6.18. The number of hydrogen-bond acceptors (Lipinski definition) is 5.